The monoisotopic (exact) mass is 445 g/mol. The van der Waals surface area contributed by atoms with Crippen LogP contribution < -0.4 is 16.0 Å². The molecule has 0 spiro atoms. The first kappa shape index (κ1) is 20.7. The lowest BCUT2D eigenvalue weighted by Gasteiger charge is -2.28. The van der Waals surface area contributed by atoms with Crippen LogP contribution in [0.5, 0.6) is 0 Å². The number of halogens is 3. The SMILES string of the molecule is Cc1nnc(NC(C)c2cc(N)cc(C(F)(F)F)n2)c2cc(N3C[C@H]4C[C@@H]3CO4)ncc12. The molecule has 8 nitrogen and oxygen atoms in total. The molecule has 11 heteroatoms. The fourth-order valence-corrected chi connectivity index (χ4v) is 4.33. The topological polar surface area (TPSA) is 102 Å². The van der Waals surface area contributed by atoms with E-state index in [1.807, 2.05) is 13.0 Å². The summed E-state index contributed by atoms with van der Waals surface area (Å²) < 4.78 is 45.2. The lowest BCUT2D eigenvalue weighted by molar-refractivity contribution is -0.141. The van der Waals surface area contributed by atoms with Crippen LogP contribution in [0.25, 0.3) is 10.8 Å². The maximum absolute atomic E-state index is 13.2. The Morgan fingerprint density at radius 2 is 2.03 bits per heavy atom. The molecule has 3 N–H and O–H groups in total. The molecule has 32 heavy (non-hydrogen) atoms. The van der Waals surface area contributed by atoms with Crippen molar-refractivity contribution in [1.29, 1.82) is 0 Å². The average Bonchev–Trinajstić information content (AvgIpc) is 3.38. The quantitative estimate of drug-likeness (QED) is 0.629. The number of alkyl halides is 3. The highest BCUT2D eigenvalue weighted by atomic mass is 19.4. The second kappa shape index (κ2) is 7.44. The van der Waals surface area contributed by atoms with Crippen LogP contribution in [0.1, 0.15) is 36.5 Å². The molecule has 2 saturated heterocycles. The molecule has 1 unspecified atom stereocenters. The van der Waals surface area contributed by atoms with E-state index in [9.17, 15) is 13.2 Å². The molecule has 3 aromatic heterocycles. The lowest BCUT2D eigenvalue weighted by Crippen LogP contribution is -2.37. The van der Waals surface area contributed by atoms with Gasteiger partial charge in [-0.05, 0) is 38.5 Å². The van der Waals surface area contributed by atoms with E-state index in [2.05, 4.69) is 30.4 Å². The number of aryl methyl sites for hydroxylation is 1. The van der Waals surface area contributed by atoms with E-state index >= 15 is 0 Å². The van der Waals surface area contributed by atoms with E-state index in [1.54, 1.807) is 13.1 Å². The van der Waals surface area contributed by atoms with Gasteiger partial charge in [-0.2, -0.15) is 18.3 Å². The smallest absolute Gasteiger partial charge is 0.399 e. The van der Waals surface area contributed by atoms with Gasteiger partial charge in [0.25, 0.3) is 0 Å². The van der Waals surface area contributed by atoms with Crippen LogP contribution in [-0.4, -0.2) is 45.5 Å². The molecule has 0 saturated carbocycles. The van der Waals surface area contributed by atoms with Crippen LogP contribution in [-0.2, 0) is 10.9 Å². The van der Waals surface area contributed by atoms with Gasteiger partial charge >= 0.3 is 6.18 Å². The standard InChI is InChI=1S/C21H22F3N7O/c1-10-16-7-26-19(31-8-14-5-13(31)9-32-14)6-15(16)20(30-29-10)27-11(2)17-3-12(25)4-18(28-17)21(22,23)24/h3-4,6-7,11,13-14H,5,8-9H2,1-2H3,(H2,25,28)(H,27,30)/t11?,13-,14-/m1/s1. The van der Waals surface area contributed by atoms with Gasteiger partial charge in [-0.3, -0.25) is 0 Å². The third-order valence-electron chi connectivity index (χ3n) is 5.98. The van der Waals surface area contributed by atoms with Crippen molar-refractivity contribution in [3.05, 3.63) is 41.5 Å². The number of ether oxygens (including phenoxy) is 1. The van der Waals surface area contributed by atoms with Gasteiger partial charge in [-0.25, -0.2) is 9.97 Å². The number of anilines is 3. The van der Waals surface area contributed by atoms with E-state index in [0.717, 1.165) is 35.6 Å². The normalized spacial score (nSPS) is 21.3. The van der Waals surface area contributed by atoms with Gasteiger partial charge in [0.1, 0.15) is 11.5 Å². The van der Waals surface area contributed by atoms with E-state index in [-0.39, 0.29) is 17.5 Å². The summed E-state index contributed by atoms with van der Waals surface area (Å²) in [7, 11) is 0. The Bertz CT molecular complexity index is 1190. The highest BCUT2D eigenvalue weighted by Gasteiger charge is 2.39. The second-order valence-electron chi connectivity index (χ2n) is 8.29. The Kier molecular flexibility index (Phi) is 4.81. The number of pyridine rings is 2. The van der Waals surface area contributed by atoms with E-state index in [4.69, 9.17) is 10.5 Å². The van der Waals surface area contributed by atoms with Crippen molar-refractivity contribution in [3.63, 3.8) is 0 Å². The molecule has 2 fully saturated rings. The Morgan fingerprint density at radius 3 is 2.72 bits per heavy atom. The third-order valence-corrected chi connectivity index (χ3v) is 5.98. The Morgan fingerprint density at radius 1 is 1.22 bits per heavy atom. The predicted octanol–water partition coefficient (Wildman–Crippen LogP) is 3.48. The lowest BCUT2D eigenvalue weighted by atomic mass is 10.1. The Balaban J connectivity index is 1.49. The molecular formula is C21H22F3N7O. The van der Waals surface area contributed by atoms with Crippen molar-refractivity contribution >= 4 is 28.1 Å². The summed E-state index contributed by atoms with van der Waals surface area (Å²) in [6, 6.07) is 3.90. The number of hydrogen-bond acceptors (Lipinski definition) is 8. The number of nitrogen functional groups attached to an aromatic ring is 1. The number of aromatic nitrogens is 4. The number of nitrogens with one attached hydrogen (secondary N) is 1. The van der Waals surface area contributed by atoms with Crippen LogP contribution in [0.4, 0.5) is 30.5 Å². The molecule has 3 aromatic rings. The van der Waals surface area contributed by atoms with Gasteiger partial charge in [0.05, 0.1) is 36.2 Å². The molecule has 5 rings (SSSR count). The summed E-state index contributed by atoms with van der Waals surface area (Å²) in [6.07, 6.45) is -1.61. The zero-order valence-electron chi connectivity index (χ0n) is 17.5. The molecule has 2 aliphatic rings. The van der Waals surface area contributed by atoms with Crippen LogP contribution >= 0.6 is 0 Å². The van der Waals surface area contributed by atoms with Crippen molar-refractivity contribution in [2.75, 3.05) is 29.1 Å². The first-order valence-corrected chi connectivity index (χ1v) is 10.3. The molecule has 0 aliphatic carbocycles. The van der Waals surface area contributed by atoms with Gasteiger partial charge in [0.2, 0.25) is 0 Å². The minimum Gasteiger partial charge on any atom is -0.399 e. The van der Waals surface area contributed by atoms with Crippen LogP contribution in [0, 0.1) is 6.92 Å². The van der Waals surface area contributed by atoms with Crippen molar-refractivity contribution in [1.82, 2.24) is 20.2 Å². The zero-order valence-corrected chi connectivity index (χ0v) is 17.5. The number of fused-ring (bicyclic) bond motifs is 3. The van der Waals surface area contributed by atoms with E-state index in [0.29, 0.717) is 24.2 Å². The third kappa shape index (κ3) is 3.66. The summed E-state index contributed by atoms with van der Waals surface area (Å²) in [5.74, 6) is 1.26. The largest absolute Gasteiger partial charge is 0.433 e. The summed E-state index contributed by atoms with van der Waals surface area (Å²) >= 11 is 0. The molecule has 0 amide bonds. The number of morpholine rings is 1. The van der Waals surface area contributed by atoms with Crippen LogP contribution in [0.15, 0.2) is 24.4 Å². The number of hydrogen-bond donors (Lipinski definition) is 2. The van der Waals surface area contributed by atoms with Gasteiger partial charge in [-0.15, -0.1) is 5.10 Å². The minimum atomic E-state index is -4.58. The summed E-state index contributed by atoms with van der Waals surface area (Å²) in [6.45, 7) is 5.01. The molecule has 0 aromatic carbocycles. The van der Waals surface area contributed by atoms with Gasteiger partial charge in [-0.1, -0.05) is 0 Å². The molecule has 2 aliphatic heterocycles. The van der Waals surface area contributed by atoms with Gasteiger partial charge in [0.15, 0.2) is 5.82 Å². The van der Waals surface area contributed by atoms with Crippen molar-refractivity contribution in [2.45, 2.75) is 44.6 Å². The zero-order chi connectivity index (χ0) is 22.6. The molecule has 5 heterocycles. The van der Waals surface area contributed by atoms with E-state index in [1.165, 1.54) is 6.07 Å². The van der Waals surface area contributed by atoms with E-state index < -0.39 is 17.9 Å². The minimum absolute atomic E-state index is 0.00591. The first-order chi connectivity index (χ1) is 15.2. The van der Waals surface area contributed by atoms with Crippen molar-refractivity contribution in [3.8, 4) is 0 Å². The van der Waals surface area contributed by atoms with Gasteiger partial charge < -0.3 is 20.7 Å². The van der Waals surface area contributed by atoms with Crippen LogP contribution in [0.2, 0.25) is 0 Å². The average molecular weight is 445 g/mol. The fraction of sp³-hybridized carbons (Fsp3) is 0.429. The van der Waals surface area contributed by atoms with Crippen LogP contribution in [0.3, 0.4) is 0 Å². The maximum Gasteiger partial charge on any atom is 0.433 e. The summed E-state index contributed by atoms with van der Waals surface area (Å²) in [4.78, 5) is 10.6. The first-order valence-electron chi connectivity index (χ1n) is 10.3. The molecule has 3 atom stereocenters. The highest BCUT2D eigenvalue weighted by molar-refractivity contribution is 5.94. The van der Waals surface area contributed by atoms with Crippen molar-refractivity contribution in [2.24, 2.45) is 0 Å². The van der Waals surface area contributed by atoms with Gasteiger partial charge in [0, 0.05) is 29.2 Å². The second-order valence-corrected chi connectivity index (χ2v) is 8.29. The molecule has 168 valence electrons. The Hall–Kier alpha value is -3.21. The fourth-order valence-electron chi connectivity index (χ4n) is 4.33. The Labute approximate surface area is 182 Å². The summed E-state index contributed by atoms with van der Waals surface area (Å²) in [5.41, 5.74) is 5.54. The maximum atomic E-state index is 13.2. The highest BCUT2D eigenvalue weighted by Crippen LogP contribution is 2.35. The molecule has 0 radical (unpaired) electrons. The summed E-state index contributed by atoms with van der Waals surface area (Å²) in [5, 5.41) is 13.2. The molecule has 2 bridgehead atoms. The predicted molar refractivity (Wildman–Crippen MR) is 113 cm³/mol. The van der Waals surface area contributed by atoms with Crippen molar-refractivity contribution < 1.29 is 17.9 Å². The number of nitrogens with zero attached hydrogens (tertiary/aromatic N) is 5. The number of rotatable bonds is 4. The number of nitrogens with two attached hydrogens (primary N) is 1. The molecular weight excluding hydrogens is 423 g/mol.